The third-order valence-corrected chi connectivity index (χ3v) is 8.64. The van der Waals surface area contributed by atoms with Gasteiger partial charge in [0.2, 0.25) is 5.91 Å². The average Bonchev–Trinajstić information content (AvgIpc) is 3.59. The molecule has 3 aromatic rings. The number of nitro groups is 1. The summed E-state index contributed by atoms with van der Waals surface area (Å²) in [5, 5.41) is 16.6. The summed E-state index contributed by atoms with van der Waals surface area (Å²) >= 11 is 1.66. The Kier molecular flexibility index (Phi) is 9.28. The number of hydrogen-bond donors (Lipinski definition) is 1. The van der Waals surface area contributed by atoms with Crippen molar-refractivity contribution in [2.45, 2.75) is 38.0 Å². The molecule has 11 heteroatoms. The predicted octanol–water partition coefficient (Wildman–Crippen LogP) is 3.77. The first-order chi connectivity index (χ1) is 19.9. The summed E-state index contributed by atoms with van der Waals surface area (Å²) in [6, 6.07) is 17.1. The minimum absolute atomic E-state index is 0.0149. The third kappa shape index (κ3) is 6.92. The Morgan fingerprint density at radius 3 is 2.66 bits per heavy atom. The lowest BCUT2D eigenvalue weighted by molar-refractivity contribution is -0.384. The van der Waals surface area contributed by atoms with E-state index in [4.69, 9.17) is 4.74 Å². The van der Waals surface area contributed by atoms with Crippen molar-refractivity contribution in [3.8, 4) is 5.75 Å². The lowest BCUT2D eigenvalue weighted by Crippen LogP contribution is -2.48. The molecular formula is C30H35N5O5S. The summed E-state index contributed by atoms with van der Waals surface area (Å²) in [7, 11) is 1.57. The highest BCUT2D eigenvalue weighted by atomic mass is 32.1. The molecule has 216 valence electrons. The Morgan fingerprint density at radius 2 is 1.93 bits per heavy atom. The zero-order valence-corrected chi connectivity index (χ0v) is 23.9. The van der Waals surface area contributed by atoms with Crippen molar-refractivity contribution in [2.75, 3.05) is 39.8 Å². The second-order valence-corrected chi connectivity index (χ2v) is 11.5. The van der Waals surface area contributed by atoms with Crippen molar-refractivity contribution in [3.05, 3.63) is 92.2 Å². The maximum atomic E-state index is 14.0. The number of rotatable bonds is 9. The van der Waals surface area contributed by atoms with Crippen LogP contribution < -0.4 is 10.1 Å². The van der Waals surface area contributed by atoms with E-state index in [2.05, 4.69) is 16.3 Å². The molecule has 0 bridgehead atoms. The number of thiophene rings is 1. The highest BCUT2D eigenvalue weighted by Gasteiger charge is 2.43. The molecular weight excluding hydrogens is 542 g/mol. The van der Waals surface area contributed by atoms with E-state index in [1.807, 2.05) is 16.3 Å². The van der Waals surface area contributed by atoms with Gasteiger partial charge in [-0.1, -0.05) is 24.3 Å². The molecule has 41 heavy (non-hydrogen) atoms. The zero-order valence-electron chi connectivity index (χ0n) is 23.1. The summed E-state index contributed by atoms with van der Waals surface area (Å²) in [4.78, 5) is 45.8. The number of hydrogen-bond acceptors (Lipinski definition) is 8. The van der Waals surface area contributed by atoms with Gasteiger partial charge in [0.15, 0.2) is 0 Å². The molecule has 0 saturated carbocycles. The van der Waals surface area contributed by atoms with Crippen molar-refractivity contribution in [1.82, 2.24) is 20.0 Å². The van der Waals surface area contributed by atoms with Crippen LogP contribution in [0.15, 0.2) is 66.0 Å². The first kappa shape index (κ1) is 28.7. The molecule has 0 aliphatic carbocycles. The number of likely N-dealkylation sites (tertiary alicyclic amines) is 1. The van der Waals surface area contributed by atoms with E-state index < -0.39 is 11.0 Å². The molecule has 2 fully saturated rings. The van der Waals surface area contributed by atoms with Crippen LogP contribution in [0.5, 0.6) is 5.75 Å². The predicted molar refractivity (Wildman–Crippen MR) is 157 cm³/mol. The van der Waals surface area contributed by atoms with Crippen LogP contribution in [0.4, 0.5) is 5.69 Å². The van der Waals surface area contributed by atoms with E-state index in [0.29, 0.717) is 50.5 Å². The second kappa shape index (κ2) is 13.2. The quantitative estimate of drug-likeness (QED) is 0.305. The van der Waals surface area contributed by atoms with E-state index in [0.717, 1.165) is 25.1 Å². The molecule has 2 aromatic carbocycles. The number of benzene rings is 2. The maximum Gasteiger partial charge on any atom is 0.269 e. The highest BCUT2D eigenvalue weighted by molar-refractivity contribution is 7.09. The van der Waals surface area contributed by atoms with Crippen LogP contribution in [0.2, 0.25) is 0 Å². The maximum absolute atomic E-state index is 14.0. The largest absolute Gasteiger partial charge is 0.497 e. The van der Waals surface area contributed by atoms with Crippen LogP contribution in [0.25, 0.3) is 0 Å². The lowest BCUT2D eigenvalue weighted by Gasteiger charge is -2.29. The number of nitrogens with zero attached hydrogens (tertiary/aromatic N) is 4. The van der Waals surface area contributed by atoms with Crippen molar-refractivity contribution < 1.29 is 19.2 Å². The minimum Gasteiger partial charge on any atom is -0.497 e. The van der Waals surface area contributed by atoms with Gasteiger partial charge in [-0.2, -0.15) is 0 Å². The molecule has 0 spiro atoms. The number of amides is 2. The Bertz CT molecular complexity index is 1340. The Labute approximate surface area is 243 Å². The Morgan fingerprint density at radius 1 is 1.10 bits per heavy atom. The summed E-state index contributed by atoms with van der Waals surface area (Å²) < 4.78 is 5.36. The molecule has 2 aliphatic rings. The van der Waals surface area contributed by atoms with Crippen LogP contribution >= 0.6 is 11.3 Å². The summed E-state index contributed by atoms with van der Waals surface area (Å²) in [6.45, 7) is 4.46. The van der Waals surface area contributed by atoms with Crippen LogP contribution in [-0.2, 0) is 17.9 Å². The summed E-state index contributed by atoms with van der Waals surface area (Å²) in [5.74, 6) is 0.383. The van der Waals surface area contributed by atoms with Crippen LogP contribution in [0, 0.1) is 10.1 Å². The average molecular weight is 578 g/mol. The first-order valence-electron chi connectivity index (χ1n) is 13.9. The number of carbonyl (C=O) groups excluding carboxylic acids is 2. The van der Waals surface area contributed by atoms with Gasteiger partial charge in [0.05, 0.1) is 12.0 Å². The second-order valence-electron chi connectivity index (χ2n) is 10.4. The SMILES string of the molecule is COc1cccc(C(=O)N2CC(N(Cc3ccc([N+](=O)[O-])cc3)Cc3cccs3)CC2C(=O)N2CCCNCC2)c1. The van der Waals surface area contributed by atoms with Gasteiger partial charge < -0.3 is 19.9 Å². The van der Waals surface area contributed by atoms with Crippen LogP contribution in [0.3, 0.4) is 0 Å². The third-order valence-electron chi connectivity index (χ3n) is 7.78. The molecule has 5 rings (SSSR count). The van der Waals surface area contributed by atoms with E-state index in [9.17, 15) is 19.7 Å². The molecule has 0 radical (unpaired) electrons. The first-order valence-corrected chi connectivity index (χ1v) is 14.7. The van der Waals surface area contributed by atoms with Gasteiger partial charge >= 0.3 is 0 Å². The normalized spacial score (nSPS) is 19.3. The summed E-state index contributed by atoms with van der Waals surface area (Å²) in [6.07, 6.45) is 1.38. The van der Waals surface area contributed by atoms with Gasteiger partial charge in [-0.3, -0.25) is 24.6 Å². The van der Waals surface area contributed by atoms with Crippen LogP contribution in [0.1, 0.15) is 33.6 Å². The molecule has 1 N–H and O–H groups in total. The van der Waals surface area contributed by atoms with Gasteiger partial charge in [0.1, 0.15) is 11.8 Å². The van der Waals surface area contributed by atoms with Gasteiger partial charge in [0.25, 0.3) is 11.6 Å². The van der Waals surface area contributed by atoms with E-state index in [1.54, 1.807) is 59.7 Å². The monoisotopic (exact) mass is 577 g/mol. The van der Waals surface area contributed by atoms with E-state index >= 15 is 0 Å². The molecule has 2 saturated heterocycles. The minimum atomic E-state index is -0.584. The number of nitro benzene ring substituents is 1. The van der Waals surface area contributed by atoms with Crippen molar-refractivity contribution in [3.63, 3.8) is 0 Å². The lowest BCUT2D eigenvalue weighted by atomic mass is 10.1. The Hall–Kier alpha value is -3.80. The Balaban J connectivity index is 1.44. The van der Waals surface area contributed by atoms with Gasteiger partial charge in [-0.25, -0.2) is 0 Å². The standard InChI is InChI=1S/C30H35N5O5S/c1-40-26-6-2-5-23(17-26)29(36)34-20-25(18-28(34)30(37)32-14-4-12-31-13-15-32)33(21-27-7-3-16-41-27)19-22-8-10-24(11-9-22)35(38)39/h2-3,5-11,16-17,25,28,31H,4,12-15,18-21H2,1H3. The molecule has 1 aromatic heterocycles. The van der Waals surface area contributed by atoms with Gasteiger partial charge in [0, 0.05) is 67.9 Å². The molecule has 2 unspecified atom stereocenters. The van der Waals surface area contributed by atoms with Crippen molar-refractivity contribution in [2.24, 2.45) is 0 Å². The van der Waals surface area contributed by atoms with E-state index in [-0.39, 0.29) is 23.5 Å². The smallest absolute Gasteiger partial charge is 0.269 e. The molecule has 10 nitrogen and oxygen atoms in total. The fraction of sp³-hybridized carbons (Fsp3) is 0.400. The highest BCUT2D eigenvalue weighted by Crippen LogP contribution is 2.30. The van der Waals surface area contributed by atoms with E-state index in [1.165, 1.54) is 17.0 Å². The fourth-order valence-corrected chi connectivity index (χ4v) is 6.34. The molecule has 2 aliphatic heterocycles. The number of non-ortho nitro benzene ring substituents is 1. The molecule has 2 amide bonds. The van der Waals surface area contributed by atoms with Crippen LogP contribution in [-0.4, -0.2) is 83.4 Å². The van der Waals surface area contributed by atoms with Crippen molar-refractivity contribution in [1.29, 1.82) is 0 Å². The fourth-order valence-electron chi connectivity index (χ4n) is 5.61. The summed E-state index contributed by atoms with van der Waals surface area (Å²) in [5.41, 5.74) is 1.47. The number of carbonyl (C=O) groups is 2. The molecule has 2 atom stereocenters. The number of ether oxygens (including phenoxy) is 1. The topological polar surface area (TPSA) is 108 Å². The number of nitrogens with one attached hydrogen (secondary N) is 1. The van der Waals surface area contributed by atoms with Crippen molar-refractivity contribution >= 4 is 28.8 Å². The van der Waals surface area contributed by atoms with Gasteiger partial charge in [-0.15, -0.1) is 11.3 Å². The zero-order chi connectivity index (χ0) is 28.8. The molecule has 3 heterocycles. The number of methoxy groups -OCH3 is 1. The van der Waals surface area contributed by atoms with Gasteiger partial charge in [-0.05, 0) is 54.6 Å².